The van der Waals surface area contributed by atoms with Crippen LogP contribution in [-0.4, -0.2) is 52.2 Å². The minimum absolute atomic E-state index is 0.0607. The largest absolute Gasteiger partial charge is 0.466 e. The molecule has 0 spiro atoms. The molecule has 1 amide bonds. The molecule has 0 fully saturated rings. The van der Waals surface area contributed by atoms with Crippen molar-refractivity contribution in [1.82, 2.24) is 10.6 Å². The number of esters is 1. The summed E-state index contributed by atoms with van der Waals surface area (Å²) in [5.74, 6) is -0.396. The minimum atomic E-state index is -1.30. The lowest BCUT2D eigenvalue weighted by atomic mass is 9.98. The Kier molecular flexibility index (Phi) is 11.9. The number of likely N-dealkylation sites (N-methyl/N-ethyl adjacent to an activating group) is 1. The summed E-state index contributed by atoms with van der Waals surface area (Å²) < 4.78 is 5.35. The number of carbonyl (C=O) groups is 2. The number of nitrogens with one attached hydrogen (secondary N) is 2. The minimum Gasteiger partial charge on any atom is -0.466 e. The maximum atomic E-state index is 12.3. The Bertz CT molecular complexity index is 732. The van der Waals surface area contributed by atoms with E-state index in [-0.39, 0.29) is 17.9 Å². The Morgan fingerprint density at radius 3 is 2.48 bits per heavy atom. The molecule has 0 aliphatic heterocycles. The Labute approximate surface area is 186 Å². The normalized spacial score (nSPS) is 14.1. The lowest BCUT2D eigenvalue weighted by Crippen LogP contribution is -2.45. The molecule has 0 saturated carbocycles. The summed E-state index contributed by atoms with van der Waals surface area (Å²) in [5, 5.41) is 9.66. The topological polar surface area (TPSA) is 116 Å². The van der Waals surface area contributed by atoms with Crippen LogP contribution in [0.2, 0.25) is 25.7 Å². The van der Waals surface area contributed by atoms with Crippen LogP contribution in [0.5, 0.6) is 0 Å². The summed E-state index contributed by atoms with van der Waals surface area (Å²) in [4.78, 5) is 27.4. The van der Waals surface area contributed by atoms with Crippen LogP contribution in [0.25, 0.3) is 10.4 Å². The van der Waals surface area contributed by atoms with Crippen molar-refractivity contribution >= 4 is 20.0 Å². The van der Waals surface area contributed by atoms with Crippen LogP contribution in [0, 0.1) is 5.92 Å². The van der Waals surface area contributed by atoms with Gasteiger partial charge in [-0.25, -0.2) is 0 Å². The number of nitrogens with zero attached hydrogens (tertiary/aromatic N) is 3. The van der Waals surface area contributed by atoms with Gasteiger partial charge in [-0.15, -0.1) is 0 Å². The van der Waals surface area contributed by atoms with Gasteiger partial charge in [-0.3, -0.25) is 9.59 Å². The molecule has 0 saturated heterocycles. The SMILES string of the molecule is CNC(=O)C(Cc1ccccc1)NCCC(C)CC(N=[N+]=[N-])C(=O)OCC[Si](C)(C)C. The summed E-state index contributed by atoms with van der Waals surface area (Å²) in [6.45, 7) is 9.62. The molecule has 0 aromatic heterocycles. The molecule has 0 aliphatic carbocycles. The van der Waals surface area contributed by atoms with Gasteiger partial charge in [-0.1, -0.05) is 62.0 Å². The zero-order valence-corrected chi connectivity index (χ0v) is 20.4. The summed E-state index contributed by atoms with van der Waals surface area (Å²) >= 11 is 0. The van der Waals surface area contributed by atoms with Crippen LogP contribution in [0.15, 0.2) is 35.4 Å². The molecule has 3 unspecified atom stereocenters. The van der Waals surface area contributed by atoms with E-state index in [2.05, 4.69) is 40.3 Å². The number of azide groups is 1. The van der Waals surface area contributed by atoms with Crippen LogP contribution < -0.4 is 10.6 Å². The molecule has 1 aromatic carbocycles. The zero-order chi connectivity index (χ0) is 23.3. The fourth-order valence-corrected chi connectivity index (χ4v) is 3.81. The molecule has 8 nitrogen and oxygen atoms in total. The van der Waals surface area contributed by atoms with Crippen molar-refractivity contribution in [2.24, 2.45) is 11.0 Å². The standard InChI is InChI=1S/C22H37N5O3Si/c1-17(15-20(26-27-23)22(29)30-13-14-31(3,4)5)11-12-25-19(21(28)24-2)16-18-9-7-6-8-10-18/h6-10,17,19-20,25H,11-16H2,1-5H3,(H,24,28). The fourth-order valence-electron chi connectivity index (χ4n) is 3.09. The number of hydrogen-bond acceptors (Lipinski definition) is 5. The molecule has 1 rings (SSSR count). The maximum absolute atomic E-state index is 12.3. The van der Waals surface area contributed by atoms with E-state index >= 15 is 0 Å². The molecule has 31 heavy (non-hydrogen) atoms. The van der Waals surface area contributed by atoms with Crippen molar-refractivity contribution < 1.29 is 14.3 Å². The monoisotopic (exact) mass is 447 g/mol. The van der Waals surface area contributed by atoms with Crippen LogP contribution in [0.4, 0.5) is 0 Å². The van der Waals surface area contributed by atoms with E-state index in [1.807, 2.05) is 37.3 Å². The third-order valence-corrected chi connectivity index (χ3v) is 6.76. The average molecular weight is 448 g/mol. The molecule has 172 valence electrons. The van der Waals surface area contributed by atoms with Gasteiger partial charge in [-0.05, 0) is 48.9 Å². The van der Waals surface area contributed by atoms with Crippen molar-refractivity contribution in [2.45, 2.75) is 64.0 Å². The van der Waals surface area contributed by atoms with E-state index in [4.69, 9.17) is 10.3 Å². The van der Waals surface area contributed by atoms with E-state index in [9.17, 15) is 9.59 Å². The van der Waals surface area contributed by atoms with Gasteiger partial charge in [0, 0.05) is 20.0 Å². The molecule has 0 bridgehead atoms. The summed E-state index contributed by atoms with van der Waals surface area (Å²) in [7, 11) is 0.328. The van der Waals surface area contributed by atoms with Crippen LogP contribution in [-0.2, 0) is 20.7 Å². The number of benzene rings is 1. The first-order valence-corrected chi connectivity index (χ1v) is 14.6. The van der Waals surface area contributed by atoms with Gasteiger partial charge >= 0.3 is 5.97 Å². The van der Waals surface area contributed by atoms with Gasteiger partial charge in [0.05, 0.1) is 12.6 Å². The van der Waals surface area contributed by atoms with Crippen molar-refractivity contribution in [3.63, 3.8) is 0 Å². The van der Waals surface area contributed by atoms with E-state index < -0.39 is 20.1 Å². The zero-order valence-electron chi connectivity index (χ0n) is 19.4. The molecule has 3 atom stereocenters. The highest BCUT2D eigenvalue weighted by Gasteiger charge is 2.23. The van der Waals surface area contributed by atoms with Crippen molar-refractivity contribution in [1.29, 1.82) is 0 Å². The van der Waals surface area contributed by atoms with Crippen molar-refractivity contribution in [3.8, 4) is 0 Å². The summed E-state index contributed by atoms with van der Waals surface area (Å²) in [5.41, 5.74) is 9.92. The maximum Gasteiger partial charge on any atom is 0.314 e. The lowest BCUT2D eigenvalue weighted by Gasteiger charge is -2.21. The van der Waals surface area contributed by atoms with Crippen molar-refractivity contribution in [3.05, 3.63) is 46.3 Å². The smallest absolute Gasteiger partial charge is 0.314 e. The predicted molar refractivity (Wildman–Crippen MR) is 126 cm³/mol. The Balaban J connectivity index is 2.53. The summed E-state index contributed by atoms with van der Waals surface area (Å²) in [6.07, 6.45) is 1.75. The summed E-state index contributed by atoms with van der Waals surface area (Å²) in [6, 6.07) is 9.58. The highest BCUT2D eigenvalue weighted by molar-refractivity contribution is 6.76. The van der Waals surface area contributed by atoms with Gasteiger partial charge in [0.2, 0.25) is 5.91 Å². The quantitative estimate of drug-likeness (QED) is 0.148. The number of hydrogen-bond donors (Lipinski definition) is 2. The van der Waals surface area contributed by atoms with Gasteiger partial charge in [0.1, 0.15) is 6.04 Å². The van der Waals surface area contributed by atoms with E-state index in [1.165, 1.54) is 0 Å². The Hall–Kier alpha value is -2.35. The van der Waals surface area contributed by atoms with Crippen LogP contribution in [0.3, 0.4) is 0 Å². The van der Waals surface area contributed by atoms with Gasteiger partial charge in [-0.2, -0.15) is 0 Å². The van der Waals surface area contributed by atoms with Gasteiger partial charge in [0.15, 0.2) is 0 Å². The number of rotatable bonds is 14. The third kappa shape index (κ3) is 11.6. The molecular weight excluding hydrogens is 410 g/mol. The van der Waals surface area contributed by atoms with E-state index in [0.717, 1.165) is 18.0 Å². The van der Waals surface area contributed by atoms with Gasteiger partial charge < -0.3 is 15.4 Å². The Morgan fingerprint density at radius 1 is 1.23 bits per heavy atom. The van der Waals surface area contributed by atoms with E-state index in [1.54, 1.807) is 7.05 Å². The van der Waals surface area contributed by atoms with Crippen LogP contribution in [0.1, 0.15) is 25.3 Å². The highest BCUT2D eigenvalue weighted by Crippen LogP contribution is 2.16. The average Bonchev–Trinajstić information content (AvgIpc) is 2.71. The first kappa shape index (κ1) is 26.7. The predicted octanol–water partition coefficient (Wildman–Crippen LogP) is 3.91. The van der Waals surface area contributed by atoms with E-state index in [0.29, 0.717) is 26.0 Å². The number of carbonyl (C=O) groups excluding carboxylic acids is 2. The molecule has 0 radical (unpaired) electrons. The second-order valence-corrected chi connectivity index (χ2v) is 14.8. The second-order valence-electron chi connectivity index (χ2n) is 9.14. The molecule has 2 N–H and O–H groups in total. The highest BCUT2D eigenvalue weighted by atomic mass is 28.3. The fraction of sp³-hybridized carbons (Fsp3) is 0.636. The molecule has 9 heteroatoms. The first-order valence-electron chi connectivity index (χ1n) is 10.9. The second kappa shape index (κ2) is 13.9. The first-order chi connectivity index (χ1) is 14.7. The molecule has 0 heterocycles. The molecular formula is C22H37N5O3Si. The molecule has 0 aliphatic rings. The number of amides is 1. The third-order valence-electron chi connectivity index (χ3n) is 5.06. The number of ether oxygens (including phenoxy) is 1. The van der Waals surface area contributed by atoms with Crippen LogP contribution >= 0.6 is 0 Å². The van der Waals surface area contributed by atoms with Crippen molar-refractivity contribution in [2.75, 3.05) is 20.2 Å². The van der Waals surface area contributed by atoms with Gasteiger partial charge in [0.25, 0.3) is 0 Å². The molecule has 1 aromatic rings. The Morgan fingerprint density at radius 2 is 1.90 bits per heavy atom. The lowest BCUT2D eigenvalue weighted by molar-refractivity contribution is -0.145.